The molecule has 1 aliphatic heterocycles. The van der Waals surface area contributed by atoms with Gasteiger partial charge >= 0.3 is 0 Å². The minimum absolute atomic E-state index is 0.659. The van der Waals surface area contributed by atoms with Gasteiger partial charge in [-0.2, -0.15) is 5.10 Å². The van der Waals surface area contributed by atoms with Gasteiger partial charge in [0.2, 0.25) is 0 Å². The number of aryl methyl sites for hydroxylation is 1. The second-order valence-corrected chi connectivity index (χ2v) is 7.60. The first-order valence-corrected chi connectivity index (χ1v) is 9.03. The van der Waals surface area contributed by atoms with E-state index in [4.69, 9.17) is 5.10 Å². The number of piperidine rings is 1. The van der Waals surface area contributed by atoms with E-state index < -0.39 is 0 Å². The predicted octanol–water partition coefficient (Wildman–Crippen LogP) is 3.08. The average molecular weight is 304 g/mol. The van der Waals surface area contributed by atoms with Crippen molar-refractivity contribution in [2.45, 2.75) is 58.0 Å². The van der Waals surface area contributed by atoms with E-state index in [0.717, 1.165) is 12.5 Å². The summed E-state index contributed by atoms with van der Waals surface area (Å²) in [7, 11) is 4.51. The van der Waals surface area contributed by atoms with E-state index in [9.17, 15) is 0 Å². The Hall–Kier alpha value is -0.870. The highest BCUT2D eigenvalue weighted by Gasteiger charge is 2.21. The Labute approximate surface area is 135 Å². The molecule has 0 atom stereocenters. The maximum absolute atomic E-state index is 4.79. The Bertz CT molecular complexity index is 467. The molecule has 0 amide bonds. The van der Waals surface area contributed by atoms with Crippen molar-refractivity contribution in [1.82, 2.24) is 19.6 Å². The van der Waals surface area contributed by atoms with Gasteiger partial charge in [0.15, 0.2) is 0 Å². The van der Waals surface area contributed by atoms with E-state index in [1.807, 2.05) is 0 Å². The second kappa shape index (κ2) is 7.14. The van der Waals surface area contributed by atoms with Crippen LogP contribution in [0.2, 0.25) is 0 Å². The molecule has 0 aromatic carbocycles. The minimum atomic E-state index is 0.659. The summed E-state index contributed by atoms with van der Waals surface area (Å²) >= 11 is 0. The zero-order chi connectivity index (χ0) is 15.5. The SMILES string of the molecule is Cc1nn(C2CCCC2)cc1CN(C)CC1CCN(C)CC1. The molecule has 1 aromatic rings. The number of nitrogens with zero attached hydrogens (tertiary/aromatic N) is 4. The highest BCUT2D eigenvalue weighted by atomic mass is 15.3. The number of hydrogen-bond donors (Lipinski definition) is 0. The molecule has 0 unspecified atom stereocenters. The van der Waals surface area contributed by atoms with Gasteiger partial charge in [-0.3, -0.25) is 4.68 Å². The van der Waals surface area contributed by atoms with E-state index in [-0.39, 0.29) is 0 Å². The molecule has 0 N–H and O–H groups in total. The second-order valence-electron chi connectivity index (χ2n) is 7.60. The fraction of sp³-hybridized carbons (Fsp3) is 0.833. The summed E-state index contributed by atoms with van der Waals surface area (Å²) in [6, 6.07) is 0.659. The molecule has 4 heteroatoms. The van der Waals surface area contributed by atoms with Gasteiger partial charge in [0.1, 0.15) is 0 Å². The third-order valence-corrected chi connectivity index (χ3v) is 5.57. The highest BCUT2D eigenvalue weighted by Crippen LogP contribution is 2.29. The minimum Gasteiger partial charge on any atom is -0.306 e. The lowest BCUT2D eigenvalue weighted by molar-refractivity contribution is 0.173. The molecule has 0 radical (unpaired) electrons. The van der Waals surface area contributed by atoms with Crippen LogP contribution in [0.25, 0.3) is 0 Å². The normalized spacial score (nSPS) is 22.0. The van der Waals surface area contributed by atoms with E-state index in [1.165, 1.54) is 69.4 Å². The van der Waals surface area contributed by atoms with Gasteiger partial charge in [-0.25, -0.2) is 0 Å². The van der Waals surface area contributed by atoms with Crippen LogP contribution in [0.1, 0.15) is 55.8 Å². The number of likely N-dealkylation sites (tertiary alicyclic amines) is 1. The van der Waals surface area contributed by atoms with Crippen LogP contribution >= 0.6 is 0 Å². The third kappa shape index (κ3) is 3.90. The predicted molar refractivity (Wildman–Crippen MR) is 91.0 cm³/mol. The standard InChI is InChI=1S/C18H32N4/c1-15-17(14-22(19-15)18-6-4-5-7-18)13-21(3)12-16-8-10-20(2)11-9-16/h14,16,18H,4-13H2,1-3H3. The maximum Gasteiger partial charge on any atom is 0.0638 e. The van der Waals surface area contributed by atoms with Crippen LogP contribution < -0.4 is 0 Å². The summed E-state index contributed by atoms with van der Waals surface area (Å²) in [6.45, 7) is 6.96. The molecule has 124 valence electrons. The van der Waals surface area contributed by atoms with E-state index >= 15 is 0 Å². The van der Waals surface area contributed by atoms with Crippen molar-refractivity contribution in [3.63, 3.8) is 0 Å². The van der Waals surface area contributed by atoms with E-state index in [0.29, 0.717) is 6.04 Å². The molecule has 3 rings (SSSR count). The van der Waals surface area contributed by atoms with Gasteiger partial charge in [-0.05, 0) is 65.7 Å². The average Bonchev–Trinajstić information content (AvgIpc) is 3.12. The third-order valence-electron chi connectivity index (χ3n) is 5.57. The Kier molecular flexibility index (Phi) is 5.19. The van der Waals surface area contributed by atoms with Crippen molar-refractivity contribution >= 4 is 0 Å². The largest absolute Gasteiger partial charge is 0.306 e. The molecule has 2 heterocycles. The van der Waals surface area contributed by atoms with Crippen molar-refractivity contribution in [3.05, 3.63) is 17.5 Å². The Morgan fingerprint density at radius 3 is 2.55 bits per heavy atom. The first-order chi connectivity index (χ1) is 10.6. The van der Waals surface area contributed by atoms with Crippen LogP contribution in [0.4, 0.5) is 0 Å². The Morgan fingerprint density at radius 2 is 1.86 bits per heavy atom. The van der Waals surface area contributed by atoms with Crippen LogP contribution in [-0.4, -0.2) is 53.3 Å². The van der Waals surface area contributed by atoms with Gasteiger partial charge in [0, 0.05) is 24.8 Å². The van der Waals surface area contributed by atoms with Crippen LogP contribution in [0.3, 0.4) is 0 Å². The molecule has 0 spiro atoms. The zero-order valence-corrected chi connectivity index (χ0v) is 14.6. The first-order valence-electron chi connectivity index (χ1n) is 9.03. The Morgan fingerprint density at radius 1 is 1.18 bits per heavy atom. The van der Waals surface area contributed by atoms with Gasteiger partial charge < -0.3 is 9.80 Å². The van der Waals surface area contributed by atoms with Gasteiger partial charge in [-0.15, -0.1) is 0 Å². The molecule has 1 aromatic heterocycles. The summed E-state index contributed by atoms with van der Waals surface area (Å²) in [5.41, 5.74) is 2.64. The molecule has 2 fully saturated rings. The number of aromatic nitrogens is 2. The van der Waals surface area contributed by atoms with Crippen molar-refractivity contribution < 1.29 is 0 Å². The molecule has 4 nitrogen and oxygen atoms in total. The first kappa shape index (κ1) is 16.0. The van der Waals surface area contributed by atoms with Crippen molar-refractivity contribution in [1.29, 1.82) is 0 Å². The topological polar surface area (TPSA) is 24.3 Å². The summed E-state index contributed by atoms with van der Waals surface area (Å²) in [6.07, 6.45) is 10.4. The van der Waals surface area contributed by atoms with Crippen LogP contribution in [-0.2, 0) is 6.54 Å². The molecule has 22 heavy (non-hydrogen) atoms. The number of hydrogen-bond acceptors (Lipinski definition) is 3. The molecular weight excluding hydrogens is 272 g/mol. The van der Waals surface area contributed by atoms with Crippen LogP contribution in [0, 0.1) is 12.8 Å². The highest BCUT2D eigenvalue weighted by molar-refractivity contribution is 5.15. The van der Waals surface area contributed by atoms with Gasteiger partial charge in [0.05, 0.1) is 11.7 Å². The van der Waals surface area contributed by atoms with Crippen molar-refractivity contribution in [3.8, 4) is 0 Å². The van der Waals surface area contributed by atoms with Crippen LogP contribution in [0.5, 0.6) is 0 Å². The summed E-state index contributed by atoms with van der Waals surface area (Å²) in [4.78, 5) is 4.95. The fourth-order valence-corrected chi connectivity index (χ4v) is 4.07. The number of rotatable bonds is 5. The lowest BCUT2D eigenvalue weighted by Gasteiger charge is -2.31. The summed E-state index contributed by atoms with van der Waals surface area (Å²) in [5, 5.41) is 4.79. The van der Waals surface area contributed by atoms with Crippen LogP contribution in [0.15, 0.2) is 6.20 Å². The van der Waals surface area contributed by atoms with Crippen molar-refractivity contribution in [2.75, 3.05) is 33.7 Å². The molecule has 1 aliphatic carbocycles. The summed E-state index contributed by atoms with van der Waals surface area (Å²) < 4.78 is 2.25. The maximum atomic E-state index is 4.79. The molecule has 0 bridgehead atoms. The van der Waals surface area contributed by atoms with Gasteiger partial charge in [0.25, 0.3) is 0 Å². The zero-order valence-electron chi connectivity index (χ0n) is 14.6. The monoisotopic (exact) mass is 304 g/mol. The fourth-order valence-electron chi connectivity index (χ4n) is 4.07. The molecular formula is C18H32N4. The molecule has 1 saturated carbocycles. The lowest BCUT2D eigenvalue weighted by atomic mass is 9.96. The quantitative estimate of drug-likeness (QED) is 0.835. The van der Waals surface area contributed by atoms with Gasteiger partial charge in [-0.1, -0.05) is 12.8 Å². The van der Waals surface area contributed by atoms with Crippen molar-refractivity contribution in [2.24, 2.45) is 5.92 Å². The lowest BCUT2D eigenvalue weighted by Crippen LogP contribution is -2.35. The summed E-state index contributed by atoms with van der Waals surface area (Å²) in [5.74, 6) is 0.867. The van der Waals surface area contributed by atoms with E-state index in [2.05, 4.69) is 41.7 Å². The smallest absolute Gasteiger partial charge is 0.0638 e. The molecule has 1 saturated heterocycles. The molecule has 2 aliphatic rings. The van der Waals surface area contributed by atoms with E-state index in [1.54, 1.807) is 0 Å². The Balaban J connectivity index is 1.53.